The van der Waals surface area contributed by atoms with Crippen molar-refractivity contribution in [3.63, 3.8) is 0 Å². The zero-order valence-corrected chi connectivity index (χ0v) is 17.7. The third-order valence-corrected chi connectivity index (χ3v) is 5.36. The predicted octanol–water partition coefficient (Wildman–Crippen LogP) is 2.12. The molecule has 0 unspecified atom stereocenters. The number of halogens is 1. The monoisotopic (exact) mass is 439 g/mol. The second-order valence-corrected chi connectivity index (χ2v) is 7.68. The number of hydrogen-bond donors (Lipinski definition) is 2. The molecular weight excluding hydrogens is 418 g/mol. The summed E-state index contributed by atoms with van der Waals surface area (Å²) in [6.45, 7) is 1.05. The van der Waals surface area contributed by atoms with Crippen molar-refractivity contribution in [2.45, 2.75) is 13.1 Å². The second-order valence-electron chi connectivity index (χ2n) is 7.25. The summed E-state index contributed by atoms with van der Waals surface area (Å²) in [5, 5.41) is 10.3. The molecule has 0 saturated carbocycles. The number of benzene rings is 2. The van der Waals surface area contributed by atoms with Crippen molar-refractivity contribution < 1.29 is 5.11 Å². The quantitative estimate of drug-likeness (QED) is 0.460. The SMILES string of the molecule is Cn1c(=O)[nH]c(=O)c2c1nc(N(CCO)Cc1ccccc1)n2Cc1ccc(Cl)cc1. The van der Waals surface area contributed by atoms with Gasteiger partial charge in [-0.3, -0.25) is 18.9 Å². The number of nitrogens with zero attached hydrogens (tertiary/aromatic N) is 4. The third kappa shape index (κ3) is 4.26. The lowest BCUT2D eigenvalue weighted by molar-refractivity contribution is 0.300. The smallest absolute Gasteiger partial charge is 0.329 e. The maximum Gasteiger partial charge on any atom is 0.329 e. The van der Waals surface area contributed by atoms with E-state index in [-0.39, 0.29) is 12.3 Å². The first-order valence-electron chi connectivity index (χ1n) is 9.81. The molecule has 0 spiro atoms. The first-order chi connectivity index (χ1) is 15.0. The van der Waals surface area contributed by atoms with E-state index >= 15 is 0 Å². The zero-order valence-electron chi connectivity index (χ0n) is 17.0. The van der Waals surface area contributed by atoms with Crippen molar-refractivity contribution in [1.29, 1.82) is 0 Å². The van der Waals surface area contributed by atoms with Crippen molar-refractivity contribution in [3.8, 4) is 0 Å². The summed E-state index contributed by atoms with van der Waals surface area (Å²) in [5.74, 6) is 0.495. The number of aliphatic hydroxyl groups excluding tert-OH is 1. The number of hydrogen-bond acceptors (Lipinski definition) is 5. The molecule has 0 bridgehead atoms. The third-order valence-electron chi connectivity index (χ3n) is 5.11. The van der Waals surface area contributed by atoms with Gasteiger partial charge < -0.3 is 10.0 Å². The van der Waals surface area contributed by atoms with Crippen LogP contribution in [0.2, 0.25) is 5.02 Å². The van der Waals surface area contributed by atoms with Crippen LogP contribution < -0.4 is 16.1 Å². The Kier molecular flexibility index (Phi) is 5.92. The predicted molar refractivity (Wildman–Crippen MR) is 121 cm³/mol. The molecule has 0 amide bonds. The number of H-pyrrole nitrogens is 1. The lowest BCUT2D eigenvalue weighted by Crippen LogP contribution is -2.30. The topological polar surface area (TPSA) is 96.2 Å². The van der Waals surface area contributed by atoms with Crippen molar-refractivity contribution in [1.82, 2.24) is 19.1 Å². The lowest BCUT2D eigenvalue weighted by atomic mass is 10.2. The average molecular weight is 440 g/mol. The Bertz CT molecular complexity index is 1310. The molecule has 0 atom stereocenters. The molecule has 0 aliphatic heterocycles. The Labute approximate surface area is 183 Å². The van der Waals surface area contributed by atoms with E-state index < -0.39 is 11.2 Å². The van der Waals surface area contributed by atoms with E-state index in [2.05, 4.69) is 9.97 Å². The highest BCUT2D eigenvalue weighted by atomic mass is 35.5. The largest absolute Gasteiger partial charge is 0.395 e. The van der Waals surface area contributed by atoms with Gasteiger partial charge in [0.05, 0.1) is 13.2 Å². The fourth-order valence-electron chi connectivity index (χ4n) is 3.56. The molecule has 8 nitrogen and oxygen atoms in total. The molecule has 0 fully saturated rings. The number of aromatic amines is 1. The van der Waals surface area contributed by atoms with Crippen molar-refractivity contribution in [3.05, 3.63) is 91.6 Å². The molecule has 9 heteroatoms. The highest BCUT2D eigenvalue weighted by molar-refractivity contribution is 6.30. The van der Waals surface area contributed by atoms with E-state index in [1.54, 1.807) is 23.7 Å². The van der Waals surface area contributed by atoms with Crippen LogP contribution in [0.15, 0.2) is 64.2 Å². The van der Waals surface area contributed by atoms with E-state index in [1.165, 1.54) is 4.57 Å². The first-order valence-corrected chi connectivity index (χ1v) is 10.2. The van der Waals surface area contributed by atoms with Crippen molar-refractivity contribution >= 4 is 28.7 Å². The molecule has 2 N–H and O–H groups in total. The average Bonchev–Trinajstić information content (AvgIpc) is 3.14. The van der Waals surface area contributed by atoms with Gasteiger partial charge in [-0.1, -0.05) is 54.1 Å². The molecule has 0 aliphatic rings. The Hall–Kier alpha value is -3.36. The molecule has 4 rings (SSSR count). The van der Waals surface area contributed by atoms with Crippen molar-refractivity contribution in [2.24, 2.45) is 7.05 Å². The Morgan fingerprint density at radius 1 is 1.06 bits per heavy atom. The van der Waals surface area contributed by atoms with Gasteiger partial charge in [0.25, 0.3) is 5.56 Å². The number of imidazole rings is 1. The summed E-state index contributed by atoms with van der Waals surface area (Å²) in [4.78, 5) is 33.8. The number of nitrogens with one attached hydrogen (secondary N) is 1. The minimum absolute atomic E-state index is 0.0910. The maximum absolute atomic E-state index is 12.8. The van der Waals surface area contributed by atoms with Gasteiger partial charge in [0.1, 0.15) is 0 Å². The number of aryl methyl sites for hydroxylation is 1. The van der Waals surface area contributed by atoms with Crippen LogP contribution in [-0.2, 0) is 20.1 Å². The summed E-state index contributed by atoms with van der Waals surface area (Å²) in [6, 6.07) is 17.1. The molecule has 0 saturated heterocycles. The Morgan fingerprint density at radius 2 is 1.77 bits per heavy atom. The van der Waals surface area contributed by atoms with Crippen LogP contribution in [0, 0.1) is 0 Å². The van der Waals surface area contributed by atoms with Crippen molar-refractivity contribution in [2.75, 3.05) is 18.1 Å². The summed E-state index contributed by atoms with van der Waals surface area (Å²) < 4.78 is 3.09. The molecule has 2 aromatic carbocycles. The Balaban J connectivity index is 1.90. The molecule has 31 heavy (non-hydrogen) atoms. The fraction of sp³-hybridized carbons (Fsp3) is 0.227. The Morgan fingerprint density at radius 3 is 2.45 bits per heavy atom. The van der Waals surface area contributed by atoms with Gasteiger partial charge >= 0.3 is 5.69 Å². The van der Waals surface area contributed by atoms with E-state index in [9.17, 15) is 14.7 Å². The summed E-state index contributed by atoms with van der Waals surface area (Å²) in [5.41, 5.74) is 1.49. The lowest BCUT2D eigenvalue weighted by Gasteiger charge is -2.24. The van der Waals surface area contributed by atoms with Gasteiger partial charge in [-0.05, 0) is 23.3 Å². The molecule has 0 aliphatic carbocycles. The number of anilines is 1. The van der Waals surface area contributed by atoms with Crippen LogP contribution in [0.1, 0.15) is 11.1 Å². The van der Waals surface area contributed by atoms with E-state index in [0.717, 1.165) is 11.1 Å². The van der Waals surface area contributed by atoms with E-state index in [1.807, 2.05) is 47.4 Å². The summed E-state index contributed by atoms with van der Waals surface area (Å²) in [6.07, 6.45) is 0. The zero-order chi connectivity index (χ0) is 22.0. The van der Waals surface area contributed by atoms with E-state index in [0.29, 0.717) is 36.1 Å². The number of rotatable bonds is 7. The van der Waals surface area contributed by atoms with Crippen LogP contribution in [0.25, 0.3) is 11.2 Å². The number of aromatic nitrogens is 4. The minimum atomic E-state index is -0.531. The van der Waals surface area contributed by atoms with Crippen LogP contribution in [-0.4, -0.2) is 37.4 Å². The molecule has 2 aromatic heterocycles. The maximum atomic E-state index is 12.8. The second kappa shape index (κ2) is 8.79. The first kappa shape index (κ1) is 20.9. The van der Waals surface area contributed by atoms with Gasteiger partial charge in [0.15, 0.2) is 11.2 Å². The van der Waals surface area contributed by atoms with Crippen LogP contribution in [0.3, 0.4) is 0 Å². The van der Waals surface area contributed by atoms with E-state index in [4.69, 9.17) is 11.6 Å². The molecular formula is C22H22ClN5O3. The van der Waals surface area contributed by atoms with Crippen LogP contribution >= 0.6 is 11.6 Å². The molecule has 160 valence electrons. The number of aliphatic hydroxyl groups is 1. The highest BCUT2D eigenvalue weighted by Crippen LogP contribution is 2.23. The normalized spacial score (nSPS) is 11.2. The van der Waals surface area contributed by atoms with Gasteiger partial charge in [-0.25, -0.2) is 4.79 Å². The van der Waals surface area contributed by atoms with Crippen LogP contribution in [0.4, 0.5) is 5.95 Å². The van der Waals surface area contributed by atoms with Gasteiger partial charge in [-0.2, -0.15) is 4.98 Å². The summed E-state index contributed by atoms with van der Waals surface area (Å²) >= 11 is 6.02. The molecule has 0 radical (unpaired) electrons. The van der Waals surface area contributed by atoms with Gasteiger partial charge in [0, 0.05) is 25.2 Å². The highest BCUT2D eigenvalue weighted by Gasteiger charge is 2.22. The standard InChI is InChI=1S/C22H22ClN5O3/c1-26-19-18(20(30)25-22(26)31)28(14-16-7-9-17(23)10-8-16)21(24-19)27(11-12-29)13-15-5-3-2-4-6-15/h2-10,29H,11-14H2,1H3,(H,25,30,31). The number of fused-ring (bicyclic) bond motifs is 1. The van der Waals surface area contributed by atoms with Gasteiger partial charge in [-0.15, -0.1) is 0 Å². The summed E-state index contributed by atoms with van der Waals surface area (Å²) in [7, 11) is 1.57. The molecule has 2 heterocycles. The van der Waals surface area contributed by atoms with Crippen LogP contribution in [0.5, 0.6) is 0 Å². The fourth-order valence-corrected chi connectivity index (χ4v) is 3.69. The minimum Gasteiger partial charge on any atom is -0.395 e. The van der Waals surface area contributed by atoms with Gasteiger partial charge in [0.2, 0.25) is 5.95 Å². The molecule has 4 aromatic rings.